The van der Waals surface area contributed by atoms with Gasteiger partial charge < -0.3 is 9.04 Å². The minimum atomic E-state index is -4.42. The van der Waals surface area contributed by atoms with Gasteiger partial charge in [-0.05, 0) is 34.1 Å². The van der Waals surface area contributed by atoms with Gasteiger partial charge in [-0.3, -0.25) is 4.18 Å². The smallest absolute Gasteiger partial charge is 0.217 e. The third kappa shape index (κ3) is 10.7. The molecule has 106 valence electrons. The minimum Gasteiger partial charge on any atom is -0.726 e. The van der Waals surface area contributed by atoms with E-state index in [2.05, 4.69) is 31.9 Å². The lowest BCUT2D eigenvalue weighted by Gasteiger charge is -2.35. The van der Waals surface area contributed by atoms with Crippen LogP contribution in [0.25, 0.3) is 0 Å². The van der Waals surface area contributed by atoms with Crippen LogP contribution in [-0.2, 0) is 14.6 Å². The van der Waals surface area contributed by atoms with E-state index >= 15 is 0 Å². The van der Waals surface area contributed by atoms with Gasteiger partial charge in [0, 0.05) is 0 Å². The van der Waals surface area contributed by atoms with Gasteiger partial charge in [0.2, 0.25) is 10.4 Å². The number of hydrogen-bond donors (Lipinski definition) is 0. The maximum absolute atomic E-state index is 9.45. The summed E-state index contributed by atoms with van der Waals surface area (Å²) in [6.07, 6.45) is 1.32. The van der Waals surface area contributed by atoms with Crippen molar-refractivity contribution < 1.29 is 21.6 Å². The quantitative estimate of drug-likeness (QED) is 0.401. The molecule has 0 N–H and O–H groups in total. The number of rotatable bonds is 7. The average Bonchev–Trinajstić information content (AvgIpc) is 2.25. The molecule has 0 aromatic rings. The molecule has 0 heterocycles. The third-order valence-electron chi connectivity index (χ3n) is 2.97. The fourth-order valence-corrected chi connectivity index (χ4v) is 2.05. The molecule has 0 amide bonds. The van der Waals surface area contributed by atoms with E-state index in [1.807, 2.05) is 0 Å². The molecule has 0 unspecified atom stereocenters. The SMILES string of the molecule is CCC[N+](CC)(CC)CC.CCOS(=O)(=O)[O-]. The van der Waals surface area contributed by atoms with Crippen LogP contribution in [0.4, 0.5) is 0 Å². The topological polar surface area (TPSA) is 66.4 Å². The van der Waals surface area contributed by atoms with Gasteiger partial charge in [0.1, 0.15) is 0 Å². The van der Waals surface area contributed by atoms with Gasteiger partial charge >= 0.3 is 0 Å². The van der Waals surface area contributed by atoms with Crippen LogP contribution in [-0.4, -0.2) is 50.2 Å². The van der Waals surface area contributed by atoms with Crippen molar-refractivity contribution in [3.05, 3.63) is 0 Å². The van der Waals surface area contributed by atoms with E-state index in [0.29, 0.717) is 0 Å². The Morgan fingerprint density at radius 1 is 1.00 bits per heavy atom. The Bertz CT molecular complexity index is 252. The van der Waals surface area contributed by atoms with Gasteiger partial charge in [-0.25, -0.2) is 8.42 Å². The summed E-state index contributed by atoms with van der Waals surface area (Å²) >= 11 is 0. The summed E-state index contributed by atoms with van der Waals surface area (Å²) in [4.78, 5) is 0. The van der Waals surface area contributed by atoms with Crippen molar-refractivity contribution in [2.45, 2.75) is 41.0 Å². The van der Waals surface area contributed by atoms with Gasteiger partial charge in [0.25, 0.3) is 0 Å². The highest BCUT2D eigenvalue weighted by Crippen LogP contribution is 2.06. The summed E-state index contributed by atoms with van der Waals surface area (Å²) in [5.41, 5.74) is 0. The zero-order valence-electron chi connectivity index (χ0n) is 11.7. The Balaban J connectivity index is 0. The van der Waals surface area contributed by atoms with E-state index in [-0.39, 0.29) is 6.61 Å². The Morgan fingerprint density at radius 2 is 1.41 bits per heavy atom. The normalized spacial score (nSPS) is 11.9. The van der Waals surface area contributed by atoms with Crippen molar-refractivity contribution in [3.63, 3.8) is 0 Å². The first-order chi connectivity index (χ1) is 7.80. The van der Waals surface area contributed by atoms with Crippen LogP contribution in [0.3, 0.4) is 0 Å². The Kier molecular flexibility index (Phi) is 11.1. The molecule has 0 saturated carbocycles. The molecule has 0 aromatic heterocycles. The summed E-state index contributed by atoms with van der Waals surface area (Å²) in [5, 5.41) is 0. The molecular formula is C11H27NO4S. The van der Waals surface area contributed by atoms with Crippen molar-refractivity contribution >= 4 is 10.4 Å². The van der Waals surface area contributed by atoms with Crippen molar-refractivity contribution in [2.75, 3.05) is 32.8 Å². The van der Waals surface area contributed by atoms with E-state index < -0.39 is 10.4 Å². The van der Waals surface area contributed by atoms with Crippen molar-refractivity contribution in [2.24, 2.45) is 0 Å². The van der Waals surface area contributed by atoms with Gasteiger partial charge in [-0.15, -0.1) is 0 Å². The molecule has 17 heavy (non-hydrogen) atoms. The molecule has 0 atom stereocenters. The van der Waals surface area contributed by atoms with E-state index in [9.17, 15) is 13.0 Å². The molecule has 0 radical (unpaired) electrons. The number of quaternary nitrogens is 1. The summed E-state index contributed by atoms with van der Waals surface area (Å²) in [6.45, 7) is 15.7. The van der Waals surface area contributed by atoms with Crippen LogP contribution in [0.15, 0.2) is 0 Å². The molecule has 0 aromatic carbocycles. The largest absolute Gasteiger partial charge is 0.726 e. The third-order valence-corrected chi connectivity index (χ3v) is 3.50. The van der Waals surface area contributed by atoms with Crippen LogP contribution in [0.5, 0.6) is 0 Å². The van der Waals surface area contributed by atoms with E-state index in [1.54, 1.807) is 0 Å². The van der Waals surface area contributed by atoms with Crippen molar-refractivity contribution in [3.8, 4) is 0 Å². The first kappa shape index (κ1) is 19.2. The second-order valence-electron chi connectivity index (χ2n) is 3.83. The van der Waals surface area contributed by atoms with Gasteiger partial charge in [-0.1, -0.05) is 6.92 Å². The van der Waals surface area contributed by atoms with Gasteiger partial charge in [0.15, 0.2) is 0 Å². The molecule has 0 aliphatic rings. The fourth-order valence-electron chi connectivity index (χ4n) is 1.76. The summed E-state index contributed by atoms with van der Waals surface area (Å²) in [7, 11) is -4.42. The maximum atomic E-state index is 9.45. The summed E-state index contributed by atoms with van der Waals surface area (Å²) in [5.74, 6) is 0. The number of nitrogens with zero attached hydrogens (tertiary/aromatic N) is 1. The summed E-state index contributed by atoms with van der Waals surface area (Å²) in [6, 6.07) is 0. The van der Waals surface area contributed by atoms with Gasteiger partial charge in [0.05, 0.1) is 32.8 Å². The second kappa shape index (κ2) is 9.82. The molecular weight excluding hydrogens is 242 g/mol. The molecule has 0 bridgehead atoms. The first-order valence-electron chi connectivity index (χ1n) is 6.26. The maximum Gasteiger partial charge on any atom is 0.217 e. The Morgan fingerprint density at radius 3 is 1.47 bits per heavy atom. The molecule has 0 saturated heterocycles. The molecule has 0 aliphatic heterocycles. The van der Waals surface area contributed by atoms with E-state index in [0.717, 1.165) is 0 Å². The Labute approximate surface area is 106 Å². The van der Waals surface area contributed by atoms with Crippen LogP contribution in [0, 0.1) is 0 Å². The lowest BCUT2D eigenvalue weighted by atomic mass is 10.3. The minimum absolute atomic E-state index is 0.0914. The van der Waals surface area contributed by atoms with Crippen LogP contribution in [0.2, 0.25) is 0 Å². The number of hydrogen-bond acceptors (Lipinski definition) is 4. The monoisotopic (exact) mass is 269 g/mol. The molecule has 6 heteroatoms. The highest BCUT2D eigenvalue weighted by Gasteiger charge is 2.17. The Hall–Kier alpha value is -0.170. The molecule has 0 aliphatic carbocycles. The van der Waals surface area contributed by atoms with Crippen LogP contribution >= 0.6 is 0 Å². The van der Waals surface area contributed by atoms with Crippen LogP contribution in [0.1, 0.15) is 41.0 Å². The predicted molar refractivity (Wildman–Crippen MR) is 68.4 cm³/mol. The van der Waals surface area contributed by atoms with Crippen LogP contribution < -0.4 is 0 Å². The second-order valence-corrected chi connectivity index (χ2v) is 4.88. The standard InChI is InChI=1S/C9H22N.C2H6O4S/c1-5-9-10(6-2,7-3)8-4;1-2-6-7(3,4)5/h5-9H2,1-4H3;2H2,1H3,(H,3,4,5)/q+1;/p-1. The zero-order valence-corrected chi connectivity index (χ0v) is 12.5. The lowest BCUT2D eigenvalue weighted by Crippen LogP contribution is -2.47. The average molecular weight is 269 g/mol. The molecule has 0 spiro atoms. The zero-order chi connectivity index (χ0) is 13.9. The van der Waals surface area contributed by atoms with E-state index in [1.165, 1.54) is 44.0 Å². The lowest BCUT2D eigenvalue weighted by molar-refractivity contribution is -0.923. The molecule has 5 nitrogen and oxygen atoms in total. The molecule has 0 rings (SSSR count). The predicted octanol–water partition coefficient (Wildman–Crippen LogP) is 1.76. The van der Waals surface area contributed by atoms with Gasteiger partial charge in [-0.2, -0.15) is 0 Å². The first-order valence-corrected chi connectivity index (χ1v) is 7.59. The highest BCUT2D eigenvalue weighted by molar-refractivity contribution is 7.80. The van der Waals surface area contributed by atoms with E-state index in [4.69, 9.17) is 0 Å². The highest BCUT2D eigenvalue weighted by atomic mass is 32.3. The fraction of sp³-hybridized carbons (Fsp3) is 1.00. The summed E-state index contributed by atoms with van der Waals surface area (Å²) < 4.78 is 33.3. The molecule has 0 fully saturated rings. The van der Waals surface area contributed by atoms with Crippen molar-refractivity contribution in [1.29, 1.82) is 0 Å². The van der Waals surface area contributed by atoms with Crippen molar-refractivity contribution in [1.82, 2.24) is 0 Å².